The maximum absolute atomic E-state index is 12.5. The van der Waals surface area contributed by atoms with Crippen LogP contribution in [0.1, 0.15) is 59.3 Å². The second-order valence-electron chi connectivity index (χ2n) is 14.4. The molecule has 326 valence electrons. The van der Waals surface area contributed by atoms with Crippen molar-refractivity contribution in [2.45, 2.75) is 52.1 Å². The summed E-state index contributed by atoms with van der Waals surface area (Å²) in [7, 11) is 3.25. The van der Waals surface area contributed by atoms with E-state index in [0.29, 0.717) is 36.3 Å². The van der Waals surface area contributed by atoms with E-state index in [2.05, 4.69) is 74.1 Å². The molecule has 0 atom stereocenters. The van der Waals surface area contributed by atoms with Gasteiger partial charge in [0.1, 0.15) is 11.5 Å². The van der Waals surface area contributed by atoms with Gasteiger partial charge >= 0.3 is 18.2 Å². The van der Waals surface area contributed by atoms with Crippen LogP contribution in [0.25, 0.3) is 12.2 Å². The second kappa shape index (κ2) is 22.7. The van der Waals surface area contributed by atoms with E-state index in [1.165, 1.54) is 22.3 Å². The van der Waals surface area contributed by atoms with Crippen LogP contribution >= 0.6 is 0 Å². The number of urea groups is 1. The molecule has 2 aliphatic rings. The van der Waals surface area contributed by atoms with Crippen molar-refractivity contribution in [3.8, 4) is 23.3 Å². The first kappa shape index (κ1) is 46.3. The minimum Gasteiger partial charge on any atom is -0.481 e. The average molecular weight is 853 g/mol. The van der Waals surface area contributed by atoms with E-state index in [9.17, 15) is 18.0 Å². The average Bonchev–Trinajstić information content (AvgIpc) is 3.26. The first-order valence-electron chi connectivity index (χ1n) is 20.0. The summed E-state index contributed by atoms with van der Waals surface area (Å²) in [5, 5.41) is 13.4. The highest BCUT2D eigenvalue weighted by molar-refractivity contribution is 5.89. The Morgan fingerprint density at radius 3 is 2.02 bits per heavy atom. The number of aliphatic carboxylic acids is 1. The van der Waals surface area contributed by atoms with Gasteiger partial charge in [-0.2, -0.15) is 13.2 Å². The summed E-state index contributed by atoms with van der Waals surface area (Å²) in [4.78, 5) is 36.0. The van der Waals surface area contributed by atoms with Crippen LogP contribution in [0.2, 0.25) is 0 Å². The van der Waals surface area contributed by atoms with Crippen LogP contribution in [0.5, 0.6) is 23.3 Å². The molecule has 12 nitrogen and oxygen atoms in total. The number of hydrogen-bond donors (Lipinski definition) is 3. The maximum atomic E-state index is 12.5. The smallest absolute Gasteiger partial charge is 0.481 e. The summed E-state index contributed by atoms with van der Waals surface area (Å²) < 4.78 is 48.1. The number of likely N-dealkylation sites (tertiary alicyclic amines) is 1. The molecule has 5 aromatic rings. The first-order valence-corrected chi connectivity index (χ1v) is 20.0. The van der Waals surface area contributed by atoms with Crippen molar-refractivity contribution in [1.29, 1.82) is 0 Å². The third kappa shape index (κ3) is 14.8. The van der Waals surface area contributed by atoms with Crippen molar-refractivity contribution >= 4 is 29.8 Å². The third-order valence-corrected chi connectivity index (χ3v) is 9.87. The molecule has 2 amide bonds. The highest BCUT2D eigenvalue weighted by Gasteiger charge is 2.38. The molecule has 3 aromatic heterocycles. The number of nitrogens with one attached hydrogen (secondary N) is 2. The van der Waals surface area contributed by atoms with E-state index in [4.69, 9.17) is 24.1 Å². The third-order valence-electron chi connectivity index (χ3n) is 9.87. The number of carboxylic acids is 1. The molecule has 0 spiro atoms. The van der Waals surface area contributed by atoms with Crippen molar-refractivity contribution in [3.05, 3.63) is 142 Å². The number of alkyl halides is 3. The fraction of sp³-hybridized carbons (Fsp3) is 0.298. The Morgan fingerprint density at radius 2 is 1.42 bits per heavy atom. The van der Waals surface area contributed by atoms with Gasteiger partial charge in [0.2, 0.25) is 11.8 Å². The molecule has 5 heterocycles. The molecule has 62 heavy (non-hydrogen) atoms. The topological polar surface area (TPSA) is 148 Å². The number of carbonyl (C=O) groups excluding carboxylic acids is 1. The van der Waals surface area contributed by atoms with E-state index in [0.717, 1.165) is 67.9 Å². The molecular formula is C47H51F3N6O6. The number of rotatable bonds is 9. The van der Waals surface area contributed by atoms with E-state index in [1.807, 2.05) is 55.1 Å². The highest BCUT2D eigenvalue weighted by atomic mass is 19.4. The molecule has 2 aliphatic heterocycles. The minimum atomic E-state index is -5.08. The number of aryl methyl sites for hydroxylation is 2. The molecule has 2 aromatic carbocycles. The number of piperidine rings is 2. The van der Waals surface area contributed by atoms with Crippen molar-refractivity contribution in [2.75, 3.05) is 45.7 Å². The molecule has 0 unspecified atom stereocenters. The number of benzene rings is 2. The number of aromatic nitrogens is 3. The van der Waals surface area contributed by atoms with Crippen LogP contribution in [-0.4, -0.2) is 83.5 Å². The van der Waals surface area contributed by atoms with Crippen molar-refractivity contribution in [2.24, 2.45) is 0 Å². The molecule has 15 heteroatoms. The van der Waals surface area contributed by atoms with Gasteiger partial charge in [-0.3, -0.25) is 4.98 Å². The van der Waals surface area contributed by atoms with E-state index in [1.54, 1.807) is 44.3 Å². The van der Waals surface area contributed by atoms with Gasteiger partial charge in [0.05, 0.1) is 31.8 Å². The lowest BCUT2D eigenvalue weighted by molar-refractivity contribution is -0.192. The number of hydrogen-bond acceptors (Lipinski definition) is 9. The van der Waals surface area contributed by atoms with Crippen LogP contribution in [0, 0.1) is 13.8 Å². The lowest BCUT2D eigenvalue weighted by atomic mass is 9.99. The number of pyridine rings is 3. The zero-order valence-corrected chi connectivity index (χ0v) is 35.2. The van der Waals surface area contributed by atoms with Gasteiger partial charge in [0.25, 0.3) is 0 Å². The Morgan fingerprint density at radius 1 is 0.806 bits per heavy atom. The van der Waals surface area contributed by atoms with Crippen LogP contribution in [-0.2, 0) is 11.2 Å². The Kier molecular flexibility index (Phi) is 17.0. The molecule has 2 fully saturated rings. The predicted octanol–water partition coefficient (Wildman–Crippen LogP) is 9.69. The van der Waals surface area contributed by atoms with Crippen LogP contribution in [0.3, 0.4) is 0 Å². The number of carboxylic acid groups (broad SMARTS) is 1. The number of methoxy groups -OCH3 is 2. The zero-order valence-electron chi connectivity index (χ0n) is 35.2. The number of nitrogens with zero attached hydrogens (tertiary/aromatic N) is 4. The van der Waals surface area contributed by atoms with Gasteiger partial charge in [-0.15, -0.1) is 0 Å². The molecule has 2 saturated heterocycles. The molecule has 3 N–H and O–H groups in total. The van der Waals surface area contributed by atoms with Gasteiger partial charge in [-0.1, -0.05) is 65.8 Å². The fourth-order valence-electron chi connectivity index (χ4n) is 6.57. The van der Waals surface area contributed by atoms with Crippen LogP contribution in [0.4, 0.5) is 23.7 Å². The monoisotopic (exact) mass is 852 g/mol. The normalized spacial score (nSPS) is 13.6. The maximum Gasteiger partial charge on any atom is 0.490 e. The van der Waals surface area contributed by atoms with Gasteiger partial charge in [-0.05, 0) is 112 Å². The SMILES string of the molecule is COc1ccc(Cc2cccc(C=C3CCNCC3)c2)c(C)n1.COc1ccc(Oc2cccc(C=C3CCN(C(=O)Nc4cccnc4)CC3)c2)c(C)n1.O=C(O)C(F)(F)F. The van der Waals surface area contributed by atoms with Gasteiger partial charge in [-0.25, -0.2) is 19.6 Å². The summed E-state index contributed by atoms with van der Waals surface area (Å²) in [5.74, 6) is -0.0665. The van der Waals surface area contributed by atoms with Crippen LogP contribution < -0.4 is 24.8 Å². The highest BCUT2D eigenvalue weighted by Crippen LogP contribution is 2.28. The molecule has 0 aliphatic carbocycles. The predicted molar refractivity (Wildman–Crippen MR) is 233 cm³/mol. The van der Waals surface area contributed by atoms with E-state index in [-0.39, 0.29) is 6.03 Å². The zero-order chi connectivity index (χ0) is 44.5. The Balaban J connectivity index is 0.000000211. The van der Waals surface area contributed by atoms with Crippen molar-refractivity contribution < 1.29 is 42.1 Å². The lowest BCUT2D eigenvalue weighted by Crippen LogP contribution is -2.39. The Bertz CT molecular complexity index is 2320. The van der Waals surface area contributed by atoms with Gasteiger partial charge in [0.15, 0.2) is 0 Å². The molecule has 0 bridgehead atoms. The molecule has 7 rings (SSSR count). The number of anilines is 1. The summed E-state index contributed by atoms with van der Waals surface area (Å²) in [6.07, 6.45) is 7.68. The van der Waals surface area contributed by atoms with Gasteiger partial charge in [0, 0.05) is 37.1 Å². The molecule has 0 saturated carbocycles. The fourth-order valence-corrected chi connectivity index (χ4v) is 6.57. The quantitative estimate of drug-likeness (QED) is 0.131. The summed E-state index contributed by atoms with van der Waals surface area (Å²) in [6.45, 7) is 7.50. The standard InChI is InChI=1S/C25H26N4O3.C20H24N2O.C2HF3O2/c1-18-23(8-9-24(27-18)31-2)32-22-7-3-5-20(16-22)15-19-10-13-29(14-11-19)25(30)28-21-6-4-12-26-17-21;1-15-19(6-7-20(22-15)23-2)14-18-5-3-4-17(13-18)12-16-8-10-21-11-9-16;3-2(4,5)1(6)7/h3-9,12,15-17H,10-11,13-14H2,1-2H3,(H,28,30);3-7,12-13,21H,8-11,14H2,1-2H3;(H,6,7). The number of halogens is 3. The number of carbonyl (C=O) groups is 2. The summed E-state index contributed by atoms with van der Waals surface area (Å²) in [5.41, 5.74) is 10.3. The molecule has 0 radical (unpaired) electrons. The van der Waals surface area contributed by atoms with E-state index < -0.39 is 12.1 Å². The minimum absolute atomic E-state index is 0.0871. The Hall–Kier alpha value is -6.74. The Labute approximate surface area is 359 Å². The summed E-state index contributed by atoms with van der Waals surface area (Å²) >= 11 is 0. The number of ether oxygens (including phenoxy) is 3. The largest absolute Gasteiger partial charge is 0.490 e. The summed E-state index contributed by atoms with van der Waals surface area (Å²) in [6, 6.07) is 28.0. The number of amides is 2. The van der Waals surface area contributed by atoms with Crippen molar-refractivity contribution in [3.63, 3.8) is 0 Å². The van der Waals surface area contributed by atoms with Crippen molar-refractivity contribution in [1.82, 2.24) is 25.2 Å². The first-order chi connectivity index (χ1) is 29.8. The van der Waals surface area contributed by atoms with Gasteiger partial charge < -0.3 is 34.9 Å². The van der Waals surface area contributed by atoms with Crippen LogP contribution in [0.15, 0.2) is 108 Å². The van der Waals surface area contributed by atoms with E-state index >= 15 is 0 Å². The molecular weight excluding hydrogens is 802 g/mol. The lowest BCUT2D eigenvalue weighted by Gasteiger charge is -2.28. The second-order valence-corrected chi connectivity index (χ2v) is 14.4.